The van der Waals surface area contributed by atoms with Crippen LogP contribution in [-0.2, 0) is 6.54 Å². The number of aryl methyl sites for hydroxylation is 1. The van der Waals surface area contributed by atoms with Gasteiger partial charge in [-0.05, 0) is 25.1 Å². The van der Waals surface area contributed by atoms with Crippen molar-refractivity contribution in [1.29, 1.82) is 0 Å². The minimum Gasteiger partial charge on any atom is -0.366 e. The highest BCUT2D eigenvalue weighted by atomic mass is 16.1. The van der Waals surface area contributed by atoms with Crippen molar-refractivity contribution in [2.24, 2.45) is 5.73 Å². The van der Waals surface area contributed by atoms with Crippen LogP contribution in [0.25, 0.3) is 21.8 Å². The Balaban J connectivity index is 2.48. The van der Waals surface area contributed by atoms with Gasteiger partial charge in [-0.1, -0.05) is 18.2 Å². The number of nitrogens with zero attached hydrogens (tertiary/aromatic N) is 1. The van der Waals surface area contributed by atoms with E-state index in [-0.39, 0.29) is 0 Å². The van der Waals surface area contributed by atoms with E-state index in [0.717, 1.165) is 28.4 Å². The maximum Gasteiger partial charge on any atom is 0.248 e. The fourth-order valence-corrected chi connectivity index (χ4v) is 2.45. The third kappa shape index (κ3) is 1.40. The highest BCUT2D eigenvalue weighted by Gasteiger charge is 2.11. The Kier molecular flexibility index (Phi) is 2.33. The number of para-hydroxylation sites is 1. The van der Waals surface area contributed by atoms with Crippen molar-refractivity contribution in [3.8, 4) is 0 Å². The van der Waals surface area contributed by atoms with Crippen molar-refractivity contribution in [2.75, 3.05) is 0 Å². The van der Waals surface area contributed by atoms with Crippen LogP contribution in [0.2, 0.25) is 0 Å². The molecule has 3 rings (SSSR count). The number of carbonyl (C=O) groups excluding carboxylic acids is 1. The first kappa shape index (κ1) is 10.8. The molecular formula is C15H13N2O. The molecule has 0 aliphatic heterocycles. The highest BCUT2D eigenvalue weighted by Crippen LogP contribution is 2.29. The zero-order valence-electron chi connectivity index (χ0n) is 10.1. The molecule has 0 saturated carbocycles. The smallest absolute Gasteiger partial charge is 0.248 e. The van der Waals surface area contributed by atoms with Crippen LogP contribution in [-0.4, -0.2) is 10.5 Å². The number of hydrogen-bond acceptors (Lipinski definition) is 1. The van der Waals surface area contributed by atoms with Gasteiger partial charge in [0, 0.05) is 34.5 Å². The molecule has 0 fully saturated rings. The molecule has 3 nitrogen and oxygen atoms in total. The number of primary amides is 1. The first-order valence-corrected chi connectivity index (χ1v) is 5.95. The lowest BCUT2D eigenvalue weighted by molar-refractivity contribution is 0.100. The van der Waals surface area contributed by atoms with Gasteiger partial charge >= 0.3 is 0 Å². The Bertz CT molecular complexity index is 756. The molecule has 0 saturated heterocycles. The van der Waals surface area contributed by atoms with Gasteiger partial charge in [-0.25, -0.2) is 0 Å². The molecule has 3 aromatic rings. The van der Waals surface area contributed by atoms with E-state index in [1.165, 1.54) is 0 Å². The molecule has 2 aromatic carbocycles. The lowest BCUT2D eigenvalue weighted by Crippen LogP contribution is -2.10. The van der Waals surface area contributed by atoms with Crippen molar-refractivity contribution in [2.45, 2.75) is 13.5 Å². The van der Waals surface area contributed by atoms with Crippen molar-refractivity contribution >= 4 is 27.7 Å². The molecule has 0 atom stereocenters. The second-order valence-corrected chi connectivity index (χ2v) is 4.28. The van der Waals surface area contributed by atoms with Crippen molar-refractivity contribution < 1.29 is 4.79 Å². The summed E-state index contributed by atoms with van der Waals surface area (Å²) < 4.78 is 2.19. The van der Waals surface area contributed by atoms with Crippen LogP contribution in [0.3, 0.4) is 0 Å². The van der Waals surface area contributed by atoms with Crippen LogP contribution >= 0.6 is 0 Å². The average Bonchev–Trinajstić information content (AvgIpc) is 2.71. The van der Waals surface area contributed by atoms with Gasteiger partial charge < -0.3 is 10.3 Å². The second kappa shape index (κ2) is 3.88. The van der Waals surface area contributed by atoms with Gasteiger partial charge in [0.15, 0.2) is 0 Å². The summed E-state index contributed by atoms with van der Waals surface area (Å²) in [6.07, 6.45) is 0. The van der Waals surface area contributed by atoms with Gasteiger partial charge in [-0.2, -0.15) is 0 Å². The Morgan fingerprint density at radius 3 is 2.83 bits per heavy atom. The molecular weight excluding hydrogens is 224 g/mol. The van der Waals surface area contributed by atoms with Gasteiger partial charge in [-0.3, -0.25) is 4.79 Å². The summed E-state index contributed by atoms with van der Waals surface area (Å²) in [6.45, 7) is 2.97. The first-order valence-electron chi connectivity index (χ1n) is 5.95. The van der Waals surface area contributed by atoms with Crippen LogP contribution in [0.1, 0.15) is 17.3 Å². The number of aromatic nitrogens is 1. The predicted octanol–water partition coefficient (Wildman–Crippen LogP) is 2.71. The minimum absolute atomic E-state index is 0.415. The van der Waals surface area contributed by atoms with Crippen molar-refractivity contribution in [3.05, 3.63) is 48.0 Å². The predicted molar refractivity (Wildman–Crippen MR) is 72.5 cm³/mol. The fraction of sp³-hybridized carbons (Fsp3) is 0.133. The minimum atomic E-state index is -0.415. The summed E-state index contributed by atoms with van der Waals surface area (Å²) in [5.41, 5.74) is 8.00. The summed E-state index contributed by atoms with van der Waals surface area (Å²) in [7, 11) is 0. The molecule has 1 amide bonds. The maximum atomic E-state index is 11.3. The Hall–Kier alpha value is -2.29. The SMILES string of the molecule is CCn1c2[c]cc(C(N)=O)cc2c2ccccc21. The number of hydrogen-bond donors (Lipinski definition) is 1. The molecule has 0 aliphatic rings. The molecule has 0 bridgehead atoms. The standard InChI is InChI=1S/C15H13N2O/c1-2-17-13-6-4-3-5-11(13)12-9-10(15(16)18)7-8-14(12)17/h3-7,9H,2H2,1H3,(H2,16,18). The van der Waals surface area contributed by atoms with E-state index in [2.05, 4.69) is 29.7 Å². The fourth-order valence-electron chi connectivity index (χ4n) is 2.45. The zero-order chi connectivity index (χ0) is 12.7. The van der Waals surface area contributed by atoms with Crippen LogP contribution in [0, 0.1) is 6.07 Å². The van der Waals surface area contributed by atoms with Crippen LogP contribution in [0.5, 0.6) is 0 Å². The molecule has 3 heteroatoms. The van der Waals surface area contributed by atoms with E-state index >= 15 is 0 Å². The quantitative estimate of drug-likeness (QED) is 0.732. The number of rotatable bonds is 2. The number of amides is 1. The van der Waals surface area contributed by atoms with Gasteiger partial charge in [0.2, 0.25) is 5.91 Å². The summed E-state index contributed by atoms with van der Waals surface area (Å²) in [5.74, 6) is -0.415. The molecule has 1 aromatic heterocycles. The molecule has 0 unspecified atom stereocenters. The van der Waals surface area contributed by atoms with Gasteiger partial charge in [0.25, 0.3) is 0 Å². The monoisotopic (exact) mass is 237 g/mol. The third-order valence-corrected chi connectivity index (χ3v) is 3.28. The Morgan fingerprint density at radius 2 is 2.11 bits per heavy atom. The molecule has 0 aliphatic carbocycles. The lowest BCUT2D eigenvalue weighted by atomic mass is 10.1. The number of carbonyl (C=O) groups is 1. The zero-order valence-corrected chi connectivity index (χ0v) is 10.1. The molecule has 18 heavy (non-hydrogen) atoms. The Labute approximate surface area is 105 Å². The summed E-state index contributed by atoms with van der Waals surface area (Å²) in [5, 5.41) is 2.16. The van der Waals surface area contributed by atoms with Crippen LogP contribution < -0.4 is 5.73 Å². The molecule has 2 N–H and O–H groups in total. The molecule has 1 heterocycles. The van der Waals surface area contributed by atoms with E-state index < -0.39 is 5.91 Å². The summed E-state index contributed by atoms with van der Waals surface area (Å²) in [6, 6.07) is 14.8. The van der Waals surface area contributed by atoms with E-state index in [4.69, 9.17) is 5.73 Å². The Morgan fingerprint density at radius 1 is 1.33 bits per heavy atom. The van der Waals surface area contributed by atoms with Crippen LogP contribution in [0.4, 0.5) is 0 Å². The maximum absolute atomic E-state index is 11.3. The summed E-state index contributed by atoms with van der Waals surface area (Å²) >= 11 is 0. The van der Waals surface area contributed by atoms with E-state index in [0.29, 0.717) is 5.56 Å². The number of fused-ring (bicyclic) bond motifs is 3. The topological polar surface area (TPSA) is 48.0 Å². The third-order valence-electron chi connectivity index (χ3n) is 3.28. The number of benzene rings is 2. The normalized spacial score (nSPS) is 11.2. The highest BCUT2D eigenvalue weighted by molar-refractivity contribution is 6.10. The first-order chi connectivity index (χ1) is 8.72. The number of nitrogens with two attached hydrogens (primary N) is 1. The van der Waals surface area contributed by atoms with E-state index in [1.807, 2.05) is 18.2 Å². The lowest BCUT2D eigenvalue weighted by Gasteiger charge is -2.02. The molecule has 89 valence electrons. The van der Waals surface area contributed by atoms with Gasteiger partial charge in [0.05, 0.1) is 5.52 Å². The molecule has 0 spiro atoms. The van der Waals surface area contributed by atoms with E-state index in [9.17, 15) is 4.79 Å². The average molecular weight is 237 g/mol. The van der Waals surface area contributed by atoms with Crippen molar-refractivity contribution in [3.63, 3.8) is 0 Å². The van der Waals surface area contributed by atoms with Gasteiger partial charge in [0.1, 0.15) is 0 Å². The van der Waals surface area contributed by atoms with Gasteiger partial charge in [-0.15, -0.1) is 0 Å². The second-order valence-electron chi connectivity index (χ2n) is 4.28. The summed E-state index contributed by atoms with van der Waals surface area (Å²) in [4.78, 5) is 11.3. The van der Waals surface area contributed by atoms with Crippen LogP contribution in [0.15, 0.2) is 36.4 Å². The molecule has 1 radical (unpaired) electrons. The van der Waals surface area contributed by atoms with E-state index in [1.54, 1.807) is 6.07 Å². The van der Waals surface area contributed by atoms with Crippen molar-refractivity contribution in [1.82, 2.24) is 4.57 Å². The largest absolute Gasteiger partial charge is 0.366 e.